The molecule has 0 fully saturated rings. The van der Waals surface area contributed by atoms with Crippen molar-refractivity contribution in [2.24, 2.45) is 0 Å². The van der Waals surface area contributed by atoms with E-state index in [2.05, 4.69) is 25.8 Å². The molecule has 0 aliphatic carbocycles. The van der Waals surface area contributed by atoms with Crippen LogP contribution in [0.25, 0.3) is 0 Å². The second kappa shape index (κ2) is 7.12. The van der Waals surface area contributed by atoms with Crippen molar-refractivity contribution in [3.8, 4) is 0 Å². The summed E-state index contributed by atoms with van der Waals surface area (Å²) in [5.41, 5.74) is 1.38. The highest BCUT2D eigenvalue weighted by atomic mass is 79.9. The Bertz CT molecular complexity index is 774. The van der Waals surface area contributed by atoms with Gasteiger partial charge in [-0.25, -0.2) is 13.1 Å². The molecule has 120 valence electrons. The van der Waals surface area contributed by atoms with Gasteiger partial charge in [-0.15, -0.1) is 0 Å². The zero-order chi connectivity index (χ0) is 16.3. The second-order valence-electron chi connectivity index (χ2n) is 5.04. The molecule has 1 N–H and O–H groups in total. The number of aryl methyl sites for hydroxylation is 3. The van der Waals surface area contributed by atoms with Gasteiger partial charge in [0.05, 0.1) is 15.6 Å². The van der Waals surface area contributed by atoms with Crippen LogP contribution in [0.1, 0.15) is 17.5 Å². The molecule has 0 atom stereocenters. The lowest BCUT2D eigenvalue weighted by Gasteiger charge is -2.11. The lowest BCUT2D eigenvalue weighted by Crippen LogP contribution is -2.26. The zero-order valence-corrected chi connectivity index (χ0v) is 15.5. The number of nitrogens with zero attached hydrogens (tertiary/aromatic N) is 2. The third-order valence-corrected chi connectivity index (χ3v) is 5.62. The van der Waals surface area contributed by atoms with Crippen LogP contribution in [0.4, 0.5) is 0 Å². The number of benzene rings is 1. The minimum absolute atomic E-state index is 0.274. The van der Waals surface area contributed by atoms with Crippen LogP contribution in [0.5, 0.6) is 0 Å². The van der Waals surface area contributed by atoms with Crippen molar-refractivity contribution in [2.75, 3.05) is 6.54 Å². The third kappa shape index (κ3) is 4.32. The summed E-state index contributed by atoms with van der Waals surface area (Å²) in [6.07, 6.45) is 4.20. The maximum Gasteiger partial charge on any atom is 0.240 e. The first-order valence-corrected chi connectivity index (χ1v) is 9.39. The Labute approximate surface area is 143 Å². The van der Waals surface area contributed by atoms with Gasteiger partial charge in [-0.3, -0.25) is 4.68 Å². The third-order valence-electron chi connectivity index (χ3n) is 3.20. The summed E-state index contributed by atoms with van der Waals surface area (Å²) in [6, 6.07) is 3.28. The molecular weight excluding hydrogens is 390 g/mol. The fourth-order valence-electron chi connectivity index (χ4n) is 2.03. The summed E-state index contributed by atoms with van der Waals surface area (Å²) in [6.45, 7) is 4.52. The lowest BCUT2D eigenvalue weighted by atomic mass is 10.2. The second-order valence-corrected chi connectivity index (χ2v) is 8.10. The van der Waals surface area contributed by atoms with Crippen molar-refractivity contribution in [1.29, 1.82) is 0 Å². The molecular formula is C14H17BrClN3O2S. The maximum atomic E-state index is 12.3. The molecule has 0 saturated heterocycles. The molecule has 0 unspecified atom stereocenters. The number of hydrogen-bond acceptors (Lipinski definition) is 3. The highest BCUT2D eigenvalue weighted by Crippen LogP contribution is 2.23. The van der Waals surface area contributed by atoms with Gasteiger partial charge in [-0.2, -0.15) is 5.10 Å². The molecule has 1 heterocycles. The van der Waals surface area contributed by atoms with E-state index in [1.807, 2.05) is 6.20 Å². The van der Waals surface area contributed by atoms with Crippen LogP contribution in [-0.2, 0) is 16.6 Å². The van der Waals surface area contributed by atoms with E-state index >= 15 is 0 Å². The Morgan fingerprint density at radius 1 is 1.32 bits per heavy atom. The van der Waals surface area contributed by atoms with Crippen LogP contribution < -0.4 is 4.72 Å². The minimum Gasteiger partial charge on any atom is -0.272 e. The average molecular weight is 407 g/mol. The van der Waals surface area contributed by atoms with E-state index in [0.29, 0.717) is 30.1 Å². The summed E-state index contributed by atoms with van der Waals surface area (Å²) in [7, 11) is -3.53. The topological polar surface area (TPSA) is 64.0 Å². The highest BCUT2D eigenvalue weighted by Gasteiger charge is 2.17. The van der Waals surface area contributed by atoms with Crippen LogP contribution in [0.15, 0.2) is 33.9 Å². The number of hydrogen-bond donors (Lipinski definition) is 1. The van der Waals surface area contributed by atoms with E-state index < -0.39 is 10.0 Å². The fraction of sp³-hybridized carbons (Fsp3) is 0.357. The van der Waals surface area contributed by atoms with E-state index in [0.717, 1.165) is 10.0 Å². The number of aromatic nitrogens is 2. The molecule has 0 aliphatic heterocycles. The summed E-state index contributed by atoms with van der Waals surface area (Å²) in [4.78, 5) is 0.274. The molecule has 2 rings (SSSR count). The smallest absolute Gasteiger partial charge is 0.240 e. The first-order valence-electron chi connectivity index (χ1n) is 6.74. The van der Waals surface area contributed by atoms with Crippen molar-refractivity contribution in [1.82, 2.24) is 14.5 Å². The van der Waals surface area contributed by atoms with Gasteiger partial charge in [0.1, 0.15) is 0 Å². The Morgan fingerprint density at radius 2 is 2.05 bits per heavy atom. The predicted molar refractivity (Wildman–Crippen MR) is 90.7 cm³/mol. The average Bonchev–Trinajstić information content (AvgIpc) is 2.84. The van der Waals surface area contributed by atoms with Crippen LogP contribution in [0.3, 0.4) is 0 Å². The monoisotopic (exact) mass is 405 g/mol. The van der Waals surface area contributed by atoms with E-state index in [1.54, 1.807) is 36.9 Å². The van der Waals surface area contributed by atoms with E-state index in [1.165, 1.54) is 0 Å². The van der Waals surface area contributed by atoms with Crippen molar-refractivity contribution < 1.29 is 8.42 Å². The van der Waals surface area contributed by atoms with Gasteiger partial charge in [0.15, 0.2) is 0 Å². The first-order chi connectivity index (χ1) is 10.3. The molecule has 0 amide bonds. The van der Waals surface area contributed by atoms with E-state index in [9.17, 15) is 8.42 Å². The molecule has 1 aromatic carbocycles. The summed E-state index contributed by atoms with van der Waals surface area (Å²) in [5, 5.41) is 4.69. The van der Waals surface area contributed by atoms with Crippen molar-refractivity contribution in [3.63, 3.8) is 0 Å². The van der Waals surface area contributed by atoms with Gasteiger partial charge >= 0.3 is 0 Å². The van der Waals surface area contributed by atoms with Gasteiger partial charge in [0, 0.05) is 24.3 Å². The van der Waals surface area contributed by atoms with Crippen molar-refractivity contribution in [2.45, 2.75) is 31.7 Å². The van der Waals surface area contributed by atoms with Gasteiger partial charge in [-0.05, 0) is 59.5 Å². The van der Waals surface area contributed by atoms with Gasteiger partial charge in [0.25, 0.3) is 0 Å². The fourth-order valence-corrected chi connectivity index (χ4v) is 3.96. The number of nitrogens with one attached hydrogen (secondary N) is 1. The number of rotatable bonds is 6. The summed E-state index contributed by atoms with van der Waals surface area (Å²) < 4.78 is 30.0. The first kappa shape index (κ1) is 17.5. The number of sulfonamides is 1. The maximum absolute atomic E-state index is 12.3. The van der Waals surface area contributed by atoms with E-state index in [4.69, 9.17) is 11.6 Å². The van der Waals surface area contributed by atoms with Gasteiger partial charge in [0.2, 0.25) is 10.0 Å². The standard InChI is InChI=1S/C14H17BrClN3O2S/c1-10-7-14(11(2)6-13(10)16)22(20,21)18-4-3-5-19-9-12(15)8-17-19/h6-9,18H,3-5H2,1-2H3. The Morgan fingerprint density at radius 3 is 2.68 bits per heavy atom. The molecule has 5 nitrogen and oxygen atoms in total. The Hall–Kier alpha value is -0.890. The largest absolute Gasteiger partial charge is 0.272 e. The van der Waals surface area contributed by atoms with Crippen LogP contribution in [-0.4, -0.2) is 24.7 Å². The molecule has 0 bridgehead atoms. The van der Waals surface area contributed by atoms with Gasteiger partial charge in [-0.1, -0.05) is 11.6 Å². The lowest BCUT2D eigenvalue weighted by molar-refractivity contribution is 0.552. The quantitative estimate of drug-likeness (QED) is 0.749. The minimum atomic E-state index is -3.53. The highest BCUT2D eigenvalue weighted by molar-refractivity contribution is 9.10. The normalized spacial score (nSPS) is 11.8. The SMILES string of the molecule is Cc1cc(S(=O)(=O)NCCCn2cc(Br)cn2)c(C)cc1Cl. The molecule has 8 heteroatoms. The molecule has 22 heavy (non-hydrogen) atoms. The molecule has 0 spiro atoms. The van der Waals surface area contributed by atoms with Crippen molar-refractivity contribution in [3.05, 3.63) is 45.1 Å². The summed E-state index contributed by atoms with van der Waals surface area (Å²) >= 11 is 9.32. The molecule has 2 aromatic rings. The Balaban J connectivity index is 1.98. The summed E-state index contributed by atoms with van der Waals surface area (Å²) in [5.74, 6) is 0. The van der Waals surface area contributed by atoms with Crippen molar-refractivity contribution >= 4 is 37.6 Å². The predicted octanol–water partition coefficient (Wildman–Crippen LogP) is 3.28. The Kier molecular flexibility index (Phi) is 5.65. The number of halogens is 2. The van der Waals surface area contributed by atoms with Gasteiger partial charge < -0.3 is 0 Å². The van der Waals surface area contributed by atoms with Crippen LogP contribution >= 0.6 is 27.5 Å². The zero-order valence-electron chi connectivity index (χ0n) is 12.3. The van der Waals surface area contributed by atoms with Crippen LogP contribution in [0, 0.1) is 13.8 Å². The molecule has 0 radical (unpaired) electrons. The molecule has 0 aliphatic rings. The van der Waals surface area contributed by atoms with E-state index in [-0.39, 0.29) is 4.90 Å². The van der Waals surface area contributed by atoms with Crippen LogP contribution in [0.2, 0.25) is 5.02 Å². The molecule has 1 aromatic heterocycles. The molecule has 0 saturated carbocycles.